The number of nitrogens with zero attached hydrogens (tertiary/aromatic N) is 1. The number of allylic oxidation sites excluding steroid dienone is 2. The Labute approximate surface area is 114 Å². The van der Waals surface area contributed by atoms with Gasteiger partial charge in [0.15, 0.2) is 0 Å². The number of hydrogen-bond acceptors (Lipinski definition) is 3. The lowest BCUT2D eigenvalue weighted by molar-refractivity contribution is -0.123. The van der Waals surface area contributed by atoms with E-state index in [9.17, 15) is 4.79 Å². The summed E-state index contributed by atoms with van der Waals surface area (Å²) >= 11 is 0. The lowest BCUT2D eigenvalue weighted by Gasteiger charge is -2.03. The monoisotopic (exact) mass is 262 g/mol. The summed E-state index contributed by atoms with van der Waals surface area (Å²) in [7, 11) is 0. The SMILES string of the molecule is CC(C)=C[C@@H]1[C@@H](C(=O)NCc2cc(C)on2)C1(C)C. The van der Waals surface area contributed by atoms with Crippen LogP contribution in [0.25, 0.3) is 0 Å². The Hall–Kier alpha value is -1.58. The molecule has 0 radical (unpaired) electrons. The summed E-state index contributed by atoms with van der Waals surface area (Å²) in [6.07, 6.45) is 2.20. The van der Waals surface area contributed by atoms with Crippen LogP contribution in [0.1, 0.15) is 39.1 Å². The van der Waals surface area contributed by atoms with Crippen LogP contribution in [0.2, 0.25) is 0 Å². The van der Waals surface area contributed by atoms with Crippen LogP contribution in [0.15, 0.2) is 22.2 Å². The molecule has 1 aliphatic carbocycles. The third kappa shape index (κ3) is 2.88. The van der Waals surface area contributed by atoms with E-state index in [-0.39, 0.29) is 17.2 Å². The molecule has 0 spiro atoms. The van der Waals surface area contributed by atoms with Gasteiger partial charge in [0.25, 0.3) is 0 Å². The summed E-state index contributed by atoms with van der Waals surface area (Å²) < 4.78 is 4.98. The van der Waals surface area contributed by atoms with Gasteiger partial charge in [-0.1, -0.05) is 30.7 Å². The Morgan fingerprint density at radius 2 is 2.21 bits per heavy atom. The van der Waals surface area contributed by atoms with E-state index in [4.69, 9.17) is 4.52 Å². The van der Waals surface area contributed by atoms with Crippen molar-refractivity contribution >= 4 is 5.91 Å². The van der Waals surface area contributed by atoms with Gasteiger partial charge in [-0.05, 0) is 32.1 Å². The summed E-state index contributed by atoms with van der Waals surface area (Å²) in [5.41, 5.74) is 2.09. The lowest BCUT2D eigenvalue weighted by Crippen LogP contribution is -2.26. The molecule has 4 heteroatoms. The summed E-state index contributed by atoms with van der Waals surface area (Å²) in [5.74, 6) is 1.28. The zero-order valence-electron chi connectivity index (χ0n) is 12.3. The fraction of sp³-hybridized carbons (Fsp3) is 0.600. The van der Waals surface area contributed by atoms with E-state index in [0.29, 0.717) is 12.5 Å². The molecule has 1 aliphatic rings. The molecule has 1 N–H and O–H groups in total. The van der Waals surface area contributed by atoms with Gasteiger partial charge in [0.05, 0.1) is 12.5 Å². The Morgan fingerprint density at radius 3 is 2.74 bits per heavy atom. The molecule has 1 amide bonds. The van der Waals surface area contributed by atoms with E-state index in [2.05, 4.69) is 44.2 Å². The van der Waals surface area contributed by atoms with Crippen molar-refractivity contribution in [1.29, 1.82) is 0 Å². The highest BCUT2D eigenvalue weighted by Gasteiger charge is 2.60. The van der Waals surface area contributed by atoms with Gasteiger partial charge in [-0.25, -0.2) is 0 Å². The van der Waals surface area contributed by atoms with Crippen LogP contribution in [0.5, 0.6) is 0 Å². The molecule has 2 rings (SSSR count). The first-order valence-corrected chi connectivity index (χ1v) is 6.67. The van der Waals surface area contributed by atoms with Crippen LogP contribution >= 0.6 is 0 Å². The minimum Gasteiger partial charge on any atom is -0.361 e. The first-order chi connectivity index (χ1) is 8.82. The summed E-state index contributed by atoms with van der Waals surface area (Å²) in [6, 6.07) is 1.84. The number of amides is 1. The van der Waals surface area contributed by atoms with Crippen molar-refractivity contribution < 1.29 is 9.32 Å². The van der Waals surface area contributed by atoms with Gasteiger partial charge in [0, 0.05) is 6.07 Å². The summed E-state index contributed by atoms with van der Waals surface area (Å²) in [5, 5.41) is 6.81. The van der Waals surface area contributed by atoms with Gasteiger partial charge in [-0.2, -0.15) is 0 Å². The standard InChI is InChI=1S/C15H22N2O2/c1-9(2)6-12-13(15(12,4)5)14(18)16-8-11-7-10(3)19-17-11/h6-7,12-13H,8H2,1-5H3,(H,16,18)/t12-,13+/m1/s1. The van der Waals surface area contributed by atoms with Gasteiger partial charge in [0.1, 0.15) is 11.5 Å². The quantitative estimate of drug-likeness (QED) is 0.849. The van der Waals surface area contributed by atoms with Crippen LogP contribution in [0, 0.1) is 24.2 Å². The number of hydrogen-bond donors (Lipinski definition) is 1. The molecular weight excluding hydrogens is 240 g/mol. The van der Waals surface area contributed by atoms with Crippen molar-refractivity contribution in [1.82, 2.24) is 10.5 Å². The number of carbonyl (C=O) groups is 1. The molecule has 104 valence electrons. The number of nitrogens with one attached hydrogen (secondary N) is 1. The van der Waals surface area contributed by atoms with Crippen LogP contribution in [0.4, 0.5) is 0 Å². The maximum atomic E-state index is 12.2. The summed E-state index contributed by atoms with van der Waals surface area (Å²) in [6.45, 7) is 10.7. The summed E-state index contributed by atoms with van der Waals surface area (Å²) in [4.78, 5) is 12.2. The third-order valence-corrected chi connectivity index (χ3v) is 3.83. The molecule has 0 bridgehead atoms. The van der Waals surface area contributed by atoms with Crippen molar-refractivity contribution in [3.8, 4) is 0 Å². The minimum atomic E-state index is 0.0566. The highest BCUT2D eigenvalue weighted by molar-refractivity contribution is 5.83. The van der Waals surface area contributed by atoms with Crippen LogP contribution < -0.4 is 5.32 Å². The predicted molar refractivity (Wildman–Crippen MR) is 73.3 cm³/mol. The zero-order valence-corrected chi connectivity index (χ0v) is 12.3. The Morgan fingerprint density at radius 1 is 1.53 bits per heavy atom. The molecule has 1 heterocycles. The fourth-order valence-corrected chi connectivity index (χ4v) is 2.64. The highest BCUT2D eigenvalue weighted by Crippen LogP contribution is 2.59. The van der Waals surface area contributed by atoms with Gasteiger partial charge in [0.2, 0.25) is 5.91 Å². The topological polar surface area (TPSA) is 55.1 Å². The van der Waals surface area contributed by atoms with E-state index in [1.165, 1.54) is 5.57 Å². The molecule has 4 nitrogen and oxygen atoms in total. The zero-order chi connectivity index (χ0) is 14.2. The molecule has 1 aromatic heterocycles. The van der Waals surface area contributed by atoms with Crippen LogP contribution in [-0.2, 0) is 11.3 Å². The fourth-order valence-electron chi connectivity index (χ4n) is 2.64. The molecule has 0 aliphatic heterocycles. The van der Waals surface area contributed by atoms with E-state index >= 15 is 0 Å². The number of aryl methyl sites for hydroxylation is 1. The second-order valence-corrected chi connectivity index (χ2v) is 6.22. The molecule has 0 saturated heterocycles. The average Bonchev–Trinajstić information content (AvgIpc) is 2.67. The van der Waals surface area contributed by atoms with E-state index < -0.39 is 0 Å². The molecule has 19 heavy (non-hydrogen) atoms. The van der Waals surface area contributed by atoms with Crippen molar-refractivity contribution in [2.75, 3.05) is 0 Å². The van der Waals surface area contributed by atoms with Crippen molar-refractivity contribution in [3.05, 3.63) is 29.2 Å². The molecule has 1 aromatic rings. The molecule has 1 saturated carbocycles. The molecule has 1 fully saturated rings. The molecule has 0 aromatic carbocycles. The molecule has 2 atom stereocenters. The second kappa shape index (κ2) is 4.83. The largest absolute Gasteiger partial charge is 0.361 e. The Bertz CT molecular complexity index is 510. The second-order valence-electron chi connectivity index (χ2n) is 6.22. The first kappa shape index (κ1) is 13.8. The van der Waals surface area contributed by atoms with E-state index in [0.717, 1.165) is 11.5 Å². The highest BCUT2D eigenvalue weighted by atomic mass is 16.5. The Kier molecular flexibility index (Phi) is 3.52. The van der Waals surface area contributed by atoms with Gasteiger partial charge >= 0.3 is 0 Å². The third-order valence-electron chi connectivity index (χ3n) is 3.83. The number of carbonyl (C=O) groups excluding carboxylic acids is 1. The van der Waals surface area contributed by atoms with Crippen molar-refractivity contribution in [2.45, 2.75) is 41.2 Å². The van der Waals surface area contributed by atoms with Gasteiger partial charge < -0.3 is 9.84 Å². The predicted octanol–water partition coefficient (Wildman–Crippen LogP) is 2.84. The number of rotatable bonds is 4. The maximum Gasteiger partial charge on any atom is 0.224 e. The molecule has 0 unspecified atom stereocenters. The Balaban J connectivity index is 1.93. The van der Waals surface area contributed by atoms with Crippen LogP contribution in [0.3, 0.4) is 0 Å². The number of aromatic nitrogens is 1. The average molecular weight is 262 g/mol. The van der Waals surface area contributed by atoms with Crippen LogP contribution in [-0.4, -0.2) is 11.1 Å². The van der Waals surface area contributed by atoms with Gasteiger partial charge in [-0.3, -0.25) is 4.79 Å². The maximum absolute atomic E-state index is 12.2. The molecular formula is C15H22N2O2. The van der Waals surface area contributed by atoms with Gasteiger partial charge in [-0.15, -0.1) is 0 Å². The lowest BCUT2D eigenvalue weighted by atomic mass is 10.1. The minimum absolute atomic E-state index is 0.0566. The van der Waals surface area contributed by atoms with Crippen molar-refractivity contribution in [3.63, 3.8) is 0 Å². The van der Waals surface area contributed by atoms with E-state index in [1.807, 2.05) is 13.0 Å². The van der Waals surface area contributed by atoms with E-state index in [1.54, 1.807) is 0 Å². The van der Waals surface area contributed by atoms with Crippen molar-refractivity contribution in [2.24, 2.45) is 17.3 Å². The smallest absolute Gasteiger partial charge is 0.224 e. The normalized spacial score (nSPS) is 23.8. The first-order valence-electron chi connectivity index (χ1n) is 6.67.